The molecule has 0 N–H and O–H groups in total. The number of carbonyl (C=O) groups is 2. The largest absolute Gasteiger partial charge is 0.336 e. The Balaban J connectivity index is 1.65. The van der Waals surface area contributed by atoms with Gasteiger partial charge >= 0.3 is 0 Å². The maximum Gasteiger partial charge on any atom is 0.264 e. The van der Waals surface area contributed by atoms with Crippen LogP contribution in [-0.2, 0) is 25.6 Å². The minimum Gasteiger partial charge on any atom is -0.336 e. The molecule has 1 aliphatic rings. The van der Waals surface area contributed by atoms with Crippen LogP contribution in [0.5, 0.6) is 0 Å². The second kappa shape index (κ2) is 7.39. The highest BCUT2D eigenvalue weighted by molar-refractivity contribution is 7.86. The number of amides is 1. The number of hydrogen-bond acceptors (Lipinski definition) is 5. The van der Waals surface area contributed by atoms with Crippen LogP contribution in [0.25, 0.3) is 0 Å². The van der Waals surface area contributed by atoms with E-state index >= 15 is 0 Å². The molecule has 26 heavy (non-hydrogen) atoms. The Morgan fingerprint density at radius 1 is 1.08 bits per heavy atom. The number of nitrogens with zero attached hydrogens (tertiary/aromatic N) is 1. The van der Waals surface area contributed by atoms with Gasteiger partial charge in [-0.05, 0) is 5.56 Å². The standard InChI is InChI=1S/C19H19NO5S/c1-26(23,24)25-17-11-18(21)20(13-17)12-14-7-9-16(10-8-14)19(22)15-5-3-2-4-6-15/h2-10,17H,11-13H2,1H3. The maximum atomic E-state index is 12.4. The van der Waals surface area contributed by atoms with E-state index in [9.17, 15) is 18.0 Å². The lowest BCUT2D eigenvalue weighted by Gasteiger charge is -2.16. The molecule has 0 spiro atoms. The Morgan fingerprint density at radius 2 is 1.69 bits per heavy atom. The molecule has 0 aliphatic carbocycles. The Hall–Kier alpha value is -2.51. The predicted molar refractivity (Wildman–Crippen MR) is 96.1 cm³/mol. The molecule has 1 amide bonds. The molecule has 1 fully saturated rings. The van der Waals surface area contributed by atoms with Crippen molar-refractivity contribution in [3.05, 3.63) is 71.3 Å². The van der Waals surface area contributed by atoms with Crippen LogP contribution in [-0.4, -0.2) is 43.9 Å². The highest BCUT2D eigenvalue weighted by atomic mass is 32.2. The summed E-state index contributed by atoms with van der Waals surface area (Å²) >= 11 is 0. The second-order valence-corrected chi connectivity index (χ2v) is 7.89. The van der Waals surface area contributed by atoms with Crippen molar-refractivity contribution in [2.75, 3.05) is 12.8 Å². The van der Waals surface area contributed by atoms with Gasteiger partial charge in [-0.3, -0.25) is 13.8 Å². The van der Waals surface area contributed by atoms with Gasteiger partial charge in [0.05, 0.1) is 12.7 Å². The quantitative estimate of drug-likeness (QED) is 0.571. The summed E-state index contributed by atoms with van der Waals surface area (Å²) < 4.78 is 27.3. The van der Waals surface area contributed by atoms with Gasteiger partial charge in [0.15, 0.2) is 5.78 Å². The van der Waals surface area contributed by atoms with Gasteiger partial charge in [-0.25, -0.2) is 0 Å². The lowest BCUT2D eigenvalue weighted by molar-refractivity contribution is -0.128. The summed E-state index contributed by atoms with van der Waals surface area (Å²) in [6.07, 6.45) is 0.386. The van der Waals surface area contributed by atoms with Crippen molar-refractivity contribution < 1.29 is 22.2 Å². The molecule has 1 heterocycles. The molecule has 2 aromatic rings. The number of hydrogen-bond donors (Lipinski definition) is 0. The fourth-order valence-corrected chi connectivity index (χ4v) is 3.56. The predicted octanol–water partition coefficient (Wildman–Crippen LogP) is 1.99. The fourth-order valence-electron chi connectivity index (χ4n) is 2.94. The van der Waals surface area contributed by atoms with E-state index in [1.807, 2.05) is 18.2 Å². The molecule has 3 rings (SSSR count). The lowest BCUT2D eigenvalue weighted by atomic mass is 10.0. The molecule has 7 heteroatoms. The topological polar surface area (TPSA) is 80.8 Å². The molecule has 1 atom stereocenters. The Morgan fingerprint density at radius 3 is 2.31 bits per heavy atom. The van der Waals surface area contributed by atoms with E-state index in [1.54, 1.807) is 41.3 Å². The molecule has 1 aliphatic heterocycles. The zero-order valence-electron chi connectivity index (χ0n) is 14.3. The highest BCUT2D eigenvalue weighted by Gasteiger charge is 2.32. The third kappa shape index (κ3) is 4.56. The molecule has 1 unspecified atom stereocenters. The molecular weight excluding hydrogens is 354 g/mol. The van der Waals surface area contributed by atoms with Gasteiger partial charge in [0.25, 0.3) is 10.1 Å². The van der Waals surface area contributed by atoms with Crippen molar-refractivity contribution in [1.82, 2.24) is 4.90 Å². The Labute approximate surface area is 152 Å². The number of ketones is 1. The number of rotatable bonds is 6. The van der Waals surface area contributed by atoms with Crippen LogP contribution in [0.15, 0.2) is 54.6 Å². The van der Waals surface area contributed by atoms with Crippen LogP contribution in [0.1, 0.15) is 27.9 Å². The first-order valence-electron chi connectivity index (χ1n) is 8.16. The zero-order valence-corrected chi connectivity index (χ0v) is 15.1. The number of carbonyl (C=O) groups excluding carboxylic acids is 2. The fraction of sp³-hybridized carbons (Fsp3) is 0.263. The van der Waals surface area contributed by atoms with Crippen LogP contribution < -0.4 is 0 Å². The molecule has 2 aromatic carbocycles. The van der Waals surface area contributed by atoms with Crippen molar-refractivity contribution in [3.63, 3.8) is 0 Å². The Bertz CT molecular complexity index is 907. The van der Waals surface area contributed by atoms with E-state index in [4.69, 9.17) is 4.18 Å². The lowest BCUT2D eigenvalue weighted by Crippen LogP contribution is -2.26. The molecule has 1 saturated heterocycles. The zero-order chi connectivity index (χ0) is 18.7. The van der Waals surface area contributed by atoms with Crippen molar-refractivity contribution in [3.8, 4) is 0 Å². The van der Waals surface area contributed by atoms with Crippen molar-refractivity contribution in [2.45, 2.75) is 19.1 Å². The van der Waals surface area contributed by atoms with E-state index in [1.165, 1.54) is 0 Å². The summed E-state index contributed by atoms with van der Waals surface area (Å²) in [7, 11) is -3.59. The van der Waals surface area contributed by atoms with Crippen LogP contribution in [0, 0.1) is 0 Å². The first kappa shape index (κ1) is 18.3. The summed E-state index contributed by atoms with van der Waals surface area (Å²) in [5, 5.41) is 0. The van der Waals surface area contributed by atoms with Crippen molar-refractivity contribution >= 4 is 21.8 Å². The van der Waals surface area contributed by atoms with Gasteiger partial charge in [0, 0.05) is 24.2 Å². The van der Waals surface area contributed by atoms with E-state index < -0.39 is 16.2 Å². The summed E-state index contributed by atoms with van der Waals surface area (Å²) in [4.78, 5) is 26.0. The van der Waals surface area contributed by atoms with Crippen molar-refractivity contribution in [1.29, 1.82) is 0 Å². The van der Waals surface area contributed by atoms with Gasteiger partial charge in [-0.2, -0.15) is 8.42 Å². The highest BCUT2D eigenvalue weighted by Crippen LogP contribution is 2.19. The molecule has 0 radical (unpaired) electrons. The monoisotopic (exact) mass is 373 g/mol. The normalized spacial score (nSPS) is 17.5. The Kier molecular flexibility index (Phi) is 5.20. The number of benzene rings is 2. The average Bonchev–Trinajstić information content (AvgIpc) is 2.93. The summed E-state index contributed by atoms with van der Waals surface area (Å²) in [5.74, 6) is -0.209. The molecule has 0 aromatic heterocycles. The van der Waals surface area contributed by atoms with E-state index in [0.717, 1.165) is 11.8 Å². The van der Waals surface area contributed by atoms with Gasteiger partial charge in [-0.15, -0.1) is 0 Å². The van der Waals surface area contributed by atoms with Gasteiger partial charge in [0.2, 0.25) is 5.91 Å². The van der Waals surface area contributed by atoms with Crippen LogP contribution in [0.4, 0.5) is 0 Å². The number of likely N-dealkylation sites (tertiary alicyclic amines) is 1. The van der Waals surface area contributed by atoms with E-state index in [0.29, 0.717) is 17.7 Å². The molecule has 0 bridgehead atoms. The van der Waals surface area contributed by atoms with Crippen molar-refractivity contribution in [2.24, 2.45) is 0 Å². The van der Waals surface area contributed by atoms with Crippen LogP contribution >= 0.6 is 0 Å². The third-order valence-electron chi connectivity index (χ3n) is 4.12. The second-order valence-electron chi connectivity index (χ2n) is 6.29. The maximum absolute atomic E-state index is 12.4. The molecule has 0 saturated carbocycles. The average molecular weight is 373 g/mol. The minimum absolute atomic E-state index is 0.0532. The van der Waals surface area contributed by atoms with E-state index in [-0.39, 0.29) is 24.7 Å². The van der Waals surface area contributed by atoms with E-state index in [2.05, 4.69) is 0 Å². The first-order valence-corrected chi connectivity index (χ1v) is 9.98. The molecular formula is C19H19NO5S. The summed E-state index contributed by atoms with van der Waals surface area (Å²) in [6.45, 7) is 0.582. The SMILES string of the molecule is CS(=O)(=O)OC1CC(=O)N(Cc2ccc(C(=O)c3ccccc3)cc2)C1. The van der Waals surface area contributed by atoms with Gasteiger partial charge in [0.1, 0.15) is 6.10 Å². The molecule has 6 nitrogen and oxygen atoms in total. The summed E-state index contributed by atoms with van der Waals surface area (Å²) in [6, 6.07) is 16.1. The summed E-state index contributed by atoms with van der Waals surface area (Å²) in [5.41, 5.74) is 2.06. The molecule has 136 valence electrons. The van der Waals surface area contributed by atoms with Gasteiger partial charge in [-0.1, -0.05) is 54.6 Å². The van der Waals surface area contributed by atoms with Crippen LogP contribution in [0.2, 0.25) is 0 Å². The first-order chi connectivity index (χ1) is 12.3. The van der Waals surface area contributed by atoms with Crippen LogP contribution in [0.3, 0.4) is 0 Å². The third-order valence-corrected chi connectivity index (χ3v) is 4.74. The van der Waals surface area contributed by atoms with Gasteiger partial charge < -0.3 is 4.90 Å². The minimum atomic E-state index is -3.59. The smallest absolute Gasteiger partial charge is 0.264 e.